The van der Waals surface area contributed by atoms with Crippen molar-refractivity contribution in [2.24, 2.45) is 0 Å². The maximum Gasteiger partial charge on any atom is 0.156 e. The van der Waals surface area contributed by atoms with Crippen LogP contribution in [0.3, 0.4) is 0 Å². The number of benzene rings is 2. The molecule has 0 saturated carbocycles. The first-order chi connectivity index (χ1) is 13.7. The molecule has 0 amide bonds. The lowest BCUT2D eigenvalue weighted by molar-refractivity contribution is 0.626. The number of hydrogen-bond acceptors (Lipinski definition) is 3. The van der Waals surface area contributed by atoms with E-state index >= 15 is 0 Å². The Morgan fingerprint density at radius 2 is 1.75 bits per heavy atom. The fourth-order valence-electron chi connectivity index (χ4n) is 3.66. The Morgan fingerprint density at radius 1 is 0.893 bits per heavy atom. The van der Waals surface area contributed by atoms with Gasteiger partial charge in [-0.25, -0.2) is 4.39 Å². The number of furan rings is 1. The first-order valence-electron chi connectivity index (χ1n) is 9.16. The number of rotatable bonds is 3. The highest BCUT2D eigenvalue weighted by molar-refractivity contribution is 6.09. The van der Waals surface area contributed by atoms with Crippen molar-refractivity contribution in [1.29, 1.82) is 0 Å². The molecule has 4 heteroatoms. The molecule has 3 aromatic heterocycles. The summed E-state index contributed by atoms with van der Waals surface area (Å²) < 4.78 is 19.9. The van der Waals surface area contributed by atoms with Gasteiger partial charge in [0.05, 0.1) is 11.4 Å². The van der Waals surface area contributed by atoms with Crippen LogP contribution in [0.15, 0.2) is 77.3 Å². The average molecular weight is 368 g/mol. The quantitative estimate of drug-likeness (QED) is 0.387. The Bertz CT molecular complexity index is 1310. The van der Waals surface area contributed by atoms with Crippen LogP contribution >= 0.6 is 0 Å². The van der Waals surface area contributed by atoms with E-state index in [2.05, 4.69) is 23.2 Å². The maximum atomic E-state index is 13.7. The highest BCUT2D eigenvalue weighted by Gasteiger charge is 2.16. The minimum atomic E-state index is -0.318. The minimum Gasteiger partial charge on any atom is -0.453 e. The van der Waals surface area contributed by atoms with Crippen molar-refractivity contribution in [3.63, 3.8) is 0 Å². The van der Waals surface area contributed by atoms with Crippen LogP contribution in [0.25, 0.3) is 33.2 Å². The molecule has 0 unspecified atom stereocenters. The highest BCUT2D eigenvalue weighted by Crippen LogP contribution is 2.36. The Labute approximate surface area is 161 Å². The maximum absolute atomic E-state index is 13.7. The molecule has 0 atom stereocenters. The molecule has 0 spiro atoms. The number of aryl methyl sites for hydroxylation is 1. The van der Waals surface area contributed by atoms with Crippen LogP contribution in [0.2, 0.25) is 0 Å². The Morgan fingerprint density at radius 3 is 2.57 bits per heavy atom. The van der Waals surface area contributed by atoms with E-state index in [0.717, 1.165) is 39.7 Å². The molecule has 0 aliphatic carbocycles. The van der Waals surface area contributed by atoms with Crippen molar-refractivity contribution in [3.8, 4) is 11.3 Å². The van der Waals surface area contributed by atoms with E-state index in [0.29, 0.717) is 11.3 Å². The summed E-state index contributed by atoms with van der Waals surface area (Å²) in [5, 5.41) is 2.00. The molecular weight excluding hydrogens is 351 g/mol. The number of halogens is 1. The number of hydrogen-bond donors (Lipinski definition) is 0. The van der Waals surface area contributed by atoms with Gasteiger partial charge >= 0.3 is 0 Å². The predicted molar refractivity (Wildman–Crippen MR) is 109 cm³/mol. The molecule has 0 bridgehead atoms. The molecule has 0 N–H and O–H groups in total. The zero-order valence-corrected chi connectivity index (χ0v) is 15.3. The zero-order valence-electron chi connectivity index (χ0n) is 15.3. The third-order valence-corrected chi connectivity index (χ3v) is 4.93. The number of aromatic nitrogens is 2. The zero-order chi connectivity index (χ0) is 19.1. The topological polar surface area (TPSA) is 38.9 Å². The fourth-order valence-corrected chi connectivity index (χ4v) is 3.66. The lowest BCUT2D eigenvalue weighted by atomic mass is 10.0. The summed E-state index contributed by atoms with van der Waals surface area (Å²) in [7, 11) is 0. The second kappa shape index (κ2) is 6.57. The van der Waals surface area contributed by atoms with Crippen LogP contribution in [-0.4, -0.2) is 9.97 Å². The van der Waals surface area contributed by atoms with Gasteiger partial charge in [-0.1, -0.05) is 42.5 Å². The Hall–Kier alpha value is -3.53. The van der Waals surface area contributed by atoms with Gasteiger partial charge in [-0.2, -0.15) is 0 Å². The molecule has 0 aliphatic rings. The monoisotopic (exact) mass is 368 g/mol. The van der Waals surface area contributed by atoms with E-state index < -0.39 is 0 Å². The molecule has 3 heterocycles. The van der Waals surface area contributed by atoms with Crippen molar-refractivity contribution in [1.82, 2.24) is 9.97 Å². The van der Waals surface area contributed by atoms with Gasteiger partial charge in [0, 0.05) is 40.7 Å². The molecule has 5 rings (SSSR count). The highest BCUT2D eigenvalue weighted by atomic mass is 19.1. The van der Waals surface area contributed by atoms with E-state index in [4.69, 9.17) is 9.40 Å². The van der Waals surface area contributed by atoms with Crippen molar-refractivity contribution >= 4 is 21.9 Å². The second-order valence-corrected chi connectivity index (χ2v) is 6.88. The lowest BCUT2D eigenvalue weighted by Crippen LogP contribution is -1.94. The Kier molecular flexibility index (Phi) is 3.90. The van der Waals surface area contributed by atoms with Crippen LogP contribution in [0.1, 0.15) is 17.0 Å². The normalized spacial score (nSPS) is 11.4. The van der Waals surface area contributed by atoms with E-state index in [-0.39, 0.29) is 5.82 Å². The van der Waals surface area contributed by atoms with Crippen molar-refractivity contribution in [3.05, 3.63) is 95.7 Å². The molecule has 0 radical (unpaired) electrons. The summed E-state index contributed by atoms with van der Waals surface area (Å²) >= 11 is 0. The van der Waals surface area contributed by atoms with Crippen LogP contribution in [-0.2, 0) is 6.42 Å². The first-order valence-corrected chi connectivity index (χ1v) is 9.16. The SMILES string of the molecule is Cc1nc(Cc2ccccc2)cc2c1oc1c(-c3cc(F)ccn3)cccc12. The van der Waals surface area contributed by atoms with Gasteiger partial charge in [0.15, 0.2) is 5.58 Å². The first kappa shape index (κ1) is 16.6. The van der Waals surface area contributed by atoms with E-state index in [1.807, 2.05) is 43.3 Å². The van der Waals surface area contributed by atoms with Crippen molar-refractivity contribution in [2.45, 2.75) is 13.3 Å². The van der Waals surface area contributed by atoms with Gasteiger partial charge in [-0.05, 0) is 30.7 Å². The third-order valence-electron chi connectivity index (χ3n) is 4.93. The molecule has 136 valence electrons. The van der Waals surface area contributed by atoms with Gasteiger partial charge in [-0.15, -0.1) is 0 Å². The van der Waals surface area contributed by atoms with Crippen molar-refractivity contribution in [2.75, 3.05) is 0 Å². The smallest absolute Gasteiger partial charge is 0.156 e. The van der Waals surface area contributed by atoms with Gasteiger partial charge in [0.25, 0.3) is 0 Å². The largest absolute Gasteiger partial charge is 0.453 e. The number of nitrogens with zero attached hydrogens (tertiary/aromatic N) is 2. The molecular formula is C24H17FN2O. The van der Waals surface area contributed by atoms with E-state index in [9.17, 15) is 4.39 Å². The van der Waals surface area contributed by atoms with Crippen LogP contribution in [0.4, 0.5) is 4.39 Å². The third kappa shape index (κ3) is 2.83. The molecule has 0 fully saturated rings. The van der Waals surface area contributed by atoms with Crippen LogP contribution in [0.5, 0.6) is 0 Å². The molecule has 5 aromatic rings. The van der Waals surface area contributed by atoms with Crippen LogP contribution < -0.4 is 0 Å². The fraction of sp³-hybridized carbons (Fsp3) is 0.0833. The summed E-state index contributed by atoms with van der Waals surface area (Å²) in [5.74, 6) is -0.318. The predicted octanol–water partition coefficient (Wildman–Crippen LogP) is 6.08. The summed E-state index contributed by atoms with van der Waals surface area (Å²) in [6.07, 6.45) is 2.23. The standard InChI is InChI=1S/C24H17FN2O/c1-15-23-21(14-18(27-15)12-16-6-3-2-4-7-16)19-8-5-9-20(24(19)28-23)22-13-17(25)10-11-26-22/h2-11,13-14H,12H2,1H3. The molecule has 0 aliphatic heterocycles. The molecule has 28 heavy (non-hydrogen) atoms. The molecule has 0 saturated heterocycles. The lowest BCUT2D eigenvalue weighted by Gasteiger charge is -2.03. The van der Waals surface area contributed by atoms with E-state index in [1.165, 1.54) is 23.9 Å². The number of pyridine rings is 2. The molecule has 2 aromatic carbocycles. The van der Waals surface area contributed by atoms with Gasteiger partial charge in [0.2, 0.25) is 0 Å². The summed E-state index contributed by atoms with van der Waals surface area (Å²) in [4.78, 5) is 9.05. The molecule has 3 nitrogen and oxygen atoms in total. The summed E-state index contributed by atoms with van der Waals surface area (Å²) in [6, 6.07) is 21.0. The average Bonchev–Trinajstić information content (AvgIpc) is 3.08. The van der Waals surface area contributed by atoms with Gasteiger partial charge in [-0.3, -0.25) is 9.97 Å². The number of fused-ring (bicyclic) bond motifs is 3. The van der Waals surface area contributed by atoms with Crippen LogP contribution in [0, 0.1) is 12.7 Å². The van der Waals surface area contributed by atoms with Crippen molar-refractivity contribution < 1.29 is 8.81 Å². The van der Waals surface area contributed by atoms with E-state index in [1.54, 1.807) is 0 Å². The van der Waals surface area contributed by atoms with Gasteiger partial charge in [0.1, 0.15) is 11.4 Å². The Balaban J connectivity index is 1.70. The van der Waals surface area contributed by atoms with Gasteiger partial charge < -0.3 is 4.42 Å². The summed E-state index contributed by atoms with van der Waals surface area (Å²) in [6.45, 7) is 1.96. The summed E-state index contributed by atoms with van der Waals surface area (Å²) in [5.41, 5.74) is 5.85. The minimum absolute atomic E-state index is 0.318. The number of para-hydroxylation sites is 1. The second-order valence-electron chi connectivity index (χ2n) is 6.88.